The van der Waals surface area contributed by atoms with E-state index in [2.05, 4.69) is 10.0 Å². The lowest BCUT2D eigenvalue weighted by molar-refractivity contribution is -0.119. The van der Waals surface area contributed by atoms with Crippen LogP contribution in [0.15, 0.2) is 34.5 Å². The molecule has 1 amide bonds. The number of sulfonamides is 1. The lowest BCUT2D eigenvalue weighted by Crippen LogP contribution is -2.27. The van der Waals surface area contributed by atoms with Crippen molar-refractivity contribution in [3.8, 4) is 0 Å². The number of hydrogen-bond donors (Lipinski definition) is 2. The van der Waals surface area contributed by atoms with Gasteiger partial charge < -0.3 is 10.1 Å². The molecule has 144 valence electrons. The number of ether oxygens (including phenoxy) is 1. The van der Waals surface area contributed by atoms with Gasteiger partial charge in [0.15, 0.2) is 6.61 Å². The highest BCUT2D eigenvalue weighted by Crippen LogP contribution is 2.27. The molecule has 0 atom stereocenters. The Hall–Kier alpha value is -2.01. The van der Waals surface area contributed by atoms with Gasteiger partial charge in [0.2, 0.25) is 10.0 Å². The molecule has 7 nitrogen and oxygen atoms in total. The minimum atomic E-state index is -3.82. The molecule has 0 aliphatic heterocycles. The molecule has 1 heterocycles. The molecule has 1 fully saturated rings. The monoisotopic (exact) mass is 432 g/mol. The van der Waals surface area contributed by atoms with Crippen LogP contribution in [-0.4, -0.2) is 32.9 Å². The lowest BCUT2D eigenvalue weighted by Gasteiger charge is -2.08. The molecule has 0 bridgehead atoms. The fourth-order valence-corrected chi connectivity index (χ4v) is 4.91. The highest BCUT2D eigenvalue weighted by molar-refractivity contribution is 7.89. The summed E-state index contributed by atoms with van der Waals surface area (Å²) in [5, 5.41) is 3.69. The van der Waals surface area contributed by atoms with Gasteiger partial charge in [-0.2, -0.15) is 0 Å². The predicted molar refractivity (Wildman–Crippen MR) is 98.0 cm³/mol. The minimum absolute atomic E-state index is 0.105. The molecule has 0 spiro atoms. The molecular formula is C16H14ClFN2O5S2. The van der Waals surface area contributed by atoms with Gasteiger partial charge in [0.25, 0.3) is 5.91 Å². The zero-order valence-corrected chi connectivity index (χ0v) is 16.1. The molecule has 1 aromatic heterocycles. The van der Waals surface area contributed by atoms with Crippen molar-refractivity contribution in [1.82, 2.24) is 4.72 Å². The van der Waals surface area contributed by atoms with Crippen LogP contribution >= 0.6 is 22.9 Å². The van der Waals surface area contributed by atoms with Crippen molar-refractivity contribution in [3.05, 3.63) is 45.4 Å². The van der Waals surface area contributed by atoms with Crippen molar-refractivity contribution in [3.63, 3.8) is 0 Å². The van der Waals surface area contributed by atoms with E-state index in [1.807, 2.05) is 0 Å². The molecule has 3 rings (SSSR count). The van der Waals surface area contributed by atoms with Gasteiger partial charge >= 0.3 is 5.97 Å². The molecular weight excluding hydrogens is 419 g/mol. The number of carbonyl (C=O) groups is 2. The van der Waals surface area contributed by atoms with Gasteiger partial charge in [0.05, 0.1) is 5.02 Å². The van der Waals surface area contributed by atoms with E-state index in [-0.39, 0.29) is 26.5 Å². The number of nitrogens with one attached hydrogen (secondary N) is 2. The van der Waals surface area contributed by atoms with E-state index in [4.69, 9.17) is 16.3 Å². The van der Waals surface area contributed by atoms with Crippen LogP contribution in [0.25, 0.3) is 0 Å². The van der Waals surface area contributed by atoms with Crippen molar-refractivity contribution in [2.75, 3.05) is 11.9 Å². The SMILES string of the molecule is O=C(COC(=O)c1sccc1S(=O)(=O)NC1CC1)Nc1ccc(F)c(Cl)c1. The lowest BCUT2D eigenvalue weighted by atomic mass is 10.3. The first-order valence-corrected chi connectivity index (χ1v) is 10.5. The van der Waals surface area contributed by atoms with Crippen LogP contribution in [0.3, 0.4) is 0 Å². The molecule has 0 radical (unpaired) electrons. The fourth-order valence-electron chi connectivity index (χ4n) is 2.11. The number of halogens is 2. The van der Waals surface area contributed by atoms with E-state index in [0.29, 0.717) is 0 Å². The molecule has 1 aliphatic rings. The van der Waals surface area contributed by atoms with E-state index in [1.165, 1.54) is 23.6 Å². The summed E-state index contributed by atoms with van der Waals surface area (Å²) in [6.07, 6.45) is 1.52. The van der Waals surface area contributed by atoms with Gasteiger partial charge in [-0.1, -0.05) is 11.6 Å². The topological polar surface area (TPSA) is 102 Å². The normalized spacial score (nSPS) is 14.0. The third kappa shape index (κ3) is 5.04. The van der Waals surface area contributed by atoms with Crippen LogP contribution < -0.4 is 10.0 Å². The molecule has 2 aromatic rings. The highest BCUT2D eigenvalue weighted by atomic mass is 35.5. The van der Waals surface area contributed by atoms with E-state index in [9.17, 15) is 22.4 Å². The largest absolute Gasteiger partial charge is 0.451 e. The summed E-state index contributed by atoms with van der Waals surface area (Å²) in [7, 11) is -3.82. The molecule has 1 aromatic carbocycles. The van der Waals surface area contributed by atoms with E-state index >= 15 is 0 Å². The summed E-state index contributed by atoms with van der Waals surface area (Å²) >= 11 is 6.53. The zero-order chi connectivity index (χ0) is 19.6. The van der Waals surface area contributed by atoms with Gasteiger partial charge in [-0.3, -0.25) is 4.79 Å². The Balaban J connectivity index is 1.60. The number of anilines is 1. The van der Waals surface area contributed by atoms with Crippen LogP contribution in [0.1, 0.15) is 22.5 Å². The third-order valence-electron chi connectivity index (χ3n) is 3.54. The number of rotatable bonds is 7. The first-order chi connectivity index (χ1) is 12.8. The van der Waals surface area contributed by atoms with Gasteiger partial charge in [0.1, 0.15) is 15.6 Å². The maximum absolute atomic E-state index is 13.1. The first kappa shape index (κ1) is 19.7. The molecule has 1 aliphatic carbocycles. The second kappa shape index (κ2) is 7.93. The van der Waals surface area contributed by atoms with Crippen molar-refractivity contribution in [1.29, 1.82) is 0 Å². The van der Waals surface area contributed by atoms with Crippen LogP contribution in [0.5, 0.6) is 0 Å². The van der Waals surface area contributed by atoms with E-state index in [1.54, 1.807) is 0 Å². The molecule has 0 saturated heterocycles. The van der Waals surface area contributed by atoms with Crippen molar-refractivity contribution >= 4 is 50.5 Å². The zero-order valence-electron chi connectivity index (χ0n) is 13.7. The summed E-state index contributed by atoms with van der Waals surface area (Å²) in [5.41, 5.74) is 0.232. The van der Waals surface area contributed by atoms with Crippen LogP contribution in [0.4, 0.5) is 10.1 Å². The predicted octanol–water partition coefficient (Wildman–Crippen LogP) is 2.78. The molecule has 11 heteroatoms. The van der Waals surface area contributed by atoms with Crippen molar-refractivity contribution < 1.29 is 27.1 Å². The van der Waals surface area contributed by atoms with Crippen molar-refractivity contribution in [2.45, 2.75) is 23.8 Å². The number of carbonyl (C=O) groups excluding carboxylic acids is 2. The number of benzene rings is 1. The quantitative estimate of drug-likeness (QED) is 0.655. The number of hydrogen-bond acceptors (Lipinski definition) is 6. The number of amides is 1. The summed E-state index contributed by atoms with van der Waals surface area (Å²) in [6, 6.07) is 4.80. The van der Waals surface area contributed by atoms with Crippen molar-refractivity contribution in [2.24, 2.45) is 0 Å². The first-order valence-electron chi connectivity index (χ1n) is 7.78. The molecule has 2 N–H and O–H groups in total. The molecule has 27 heavy (non-hydrogen) atoms. The van der Waals surface area contributed by atoms with Crippen LogP contribution in [0, 0.1) is 5.82 Å². The highest BCUT2D eigenvalue weighted by Gasteiger charge is 2.31. The Morgan fingerprint density at radius 1 is 1.30 bits per heavy atom. The standard InChI is InChI=1S/C16H14ClFN2O5S2/c17-11-7-10(3-4-12(11)18)19-14(21)8-25-16(22)15-13(5-6-26-15)27(23,24)20-9-1-2-9/h3-7,9,20H,1-2,8H2,(H,19,21). The second-order valence-electron chi connectivity index (χ2n) is 5.76. The maximum Gasteiger partial charge on any atom is 0.350 e. The van der Waals surface area contributed by atoms with E-state index < -0.39 is 34.3 Å². The second-order valence-corrected chi connectivity index (χ2v) is 8.77. The Morgan fingerprint density at radius 3 is 2.70 bits per heavy atom. The fraction of sp³-hybridized carbons (Fsp3) is 0.250. The van der Waals surface area contributed by atoms with E-state index in [0.717, 1.165) is 30.2 Å². The summed E-state index contributed by atoms with van der Waals surface area (Å²) in [6.45, 7) is -0.638. The maximum atomic E-state index is 13.1. The Kier molecular flexibility index (Phi) is 5.80. The van der Waals surface area contributed by atoms with Gasteiger partial charge in [-0.25, -0.2) is 22.3 Å². The van der Waals surface area contributed by atoms with Gasteiger partial charge in [0, 0.05) is 11.7 Å². The Morgan fingerprint density at radius 2 is 2.04 bits per heavy atom. The average Bonchev–Trinajstić information content (AvgIpc) is 3.25. The van der Waals surface area contributed by atoms with Crippen LogP contribution in [-0.2, 0) is 19.6 Å². The van der Waals surface area contributed by atoms with Crippen LogP contribution in [0.2, 0.25) is 5.02 Å². The molecule has 0 unspecified atom stereocenters. The number of esters is 1. The summed E-state index contributed by atoms with van der Waals surface area (Å²) in [4.78, 5) is 23.8. The summed E-state index contributed by atoms with van der Waals surface area (Å²) < 4.78 is 45.0. The third-order valence-corrected chi connectivity index (χ3v) is 6.42. The number of thiophene rings is 1. The van der Waals surface area contributed by atoms with Gasteiger partial charge in [-0.05, 0) is 42.5 Å². The Labute approximate surface area is 163 Å². The molecule has 1 saturated carbocycles. The minimum Gasteiger partial charge on any atom is -0.451 e. The summed E-state index contributed by atoms with van der Waals surface area (Å²) in [5.74, 6) is -2.23. The smallest absolute Gasteiger partial charge is 0.350 e. The Bertz CT molecular complexity index is 988. The van der Waals surface area contributed by atoms with Gasteiger partial charge in [-0.15, -0.1) is 11.3 Å². The average molecular weight is 433 g/mol.